The van der Waals surface area contributed by atoms with Gasteiger partial charge in [0, 0.05) is 29.2 Å². The minimum absolute atomic E-state index is 0.651. The number of hydrogen-bond donors (Lipinski definition) is 0. The molecule has 1 heterocycles. The minimum atomic E-state index is 0.651. The van der Waals surface area contributed by atoms with Crippen molar-refractivity contribution < 1.29 is 0 Å². The summed E-state index contributed by atoms with van der Waals surface area (Å²) in [7, 11) is 0. The monoisotopic (exact) mass is 329 g/mol. The van der Waals surface area contributed by atoms with Crippen LogP contribution in [0, 0.1) is 6.92 Å². The molecule has 2 aromatic carbocycles. The first-order valence-corrected chi connectivity index (χ1v) is 8.09. The van der Waals surface area contributed by atoms with E-state index in [1.54, 1.807) is 0 Å². The average Bonchev–Trinajstić information content (AvgIpc) is 2.49. The van der Waals surface area contributed by atoms with Gasteiger partial charge in [0.25, 0.3) is 0 Å². The van der Waals surface area contributed by atoms with Crippen LogP contribution in [0.2, 0.25) is 0 Å². The highest BCUT2D eigenvalue weighted by atomic mass is 79.9. The van der Waals surface area contributed by atoms with Crippen molar-refractivity contribution in [3.63, 3.8) is 0 Å². The summed E-state index contributed by atoms with van der Waals surface area (Å²) in [5.74, 6) is 0.651. The Labute approximate surface area is 129 Å². The minimum Gasteiger partial charge on any atom is -0.371 e. The Morgan fingerprint density at radius 1 is 1.00 bits per heavy atom. The predicted molar refractivity (Wildman–Crippen MR) is 89.5 cm³/mol. The molecule has 0 aromatic heterocycles. The van der Waals surface area contributed by atoms with Crippen LogP contribution in [0.5, 0.6) is 0 Å². The summed E-state index contributed by atoms with van der Waals surface area (Å²) < 4.78 is 1.16. The van der Waals surface area contributed by atoms with Crippen LogP contribution in [-0.2, 0) is 0 Å². The topological polar surface area (TPSA) is 3.24 Å². The van der Waals surface area contributed by atoms with E-state index in [2.05, 4.69) is 76.3 Å². The molecule has 0 radical (unpaired) electrons. The molecule has 0 spiro atoms. The van der Waals surface area contributed by atoms with E-state index < -0.39 is 0 Å². The molecule has 0 saturated carbocycles. The van der Waals surface area contributed by atoms with E-state index in [-0.39, 0.29) is 0 Å². The quantitative estimate of drug-likeness (QED) is 0.737. The SMILES string of the molecule is Cc1ccc(N2CCCC(c3ccc(Br)cc3)C2)cc1. The molecule has 1 unspecified atom stereocenters. The van der Waals surface area contributed by atoms with Gasteiger partial charge in [0.05, 0.1) is 0 Å². The summed E-state index contributed by atoms with van der Waals surface area (Å²) >= 11 is 3.51. The van der Waals surface area contributed by atoms with Crippen LogP contribution in [0.15, 0.2) is 53.0 Å². The van der Waals surface area contributed by atoms with Crippen molar-refractivity contribution in [1.29, 1.82) is 0 Å². The van der Waals surface area contributed by atoms with Crippen molar-refractivity contribution in [2.75, 3.05) is 18.0 Å². The Kier molecular flexibility index (Phi) is 4.11. The maximum Gasteiger partial charge on any atom is 0.0366 e. The molecular formula is C18H20BrN. The van der Waals surface area contributed by atoms with Crippen LogP contribution in [0.25, 0.3) is 0 Å². The fourth-order valence-corrected chi connectivity index (χ4v) is 3.24. The van der Waals surface area contributed by atoms with Crippen molar-refractivity contribution in [1.82, 2.24) is 0 Å². The maximum atomic E-state index is 3.51. The van der Waals surface area contributed by atoms with Crippen LogP contribution in [-0.4, -0.2) is 13.1 Å². The van der Waals surface area contributed by atoms with Gasteiger partial charge in [0.15, 0.2) is 0 Å². The second-order valence-corrected chi connectivity index (χ2v) is 6.59. The van der Waals surface area contributed by atoms with E-state index in [1.165, 1.54) is 36.2 Å². The van der Waals surface area contributed by atoms with Gasteiger partial charge in [-0.25, -0.2) is 0 Å². The molecule has 2 heteroatoms. The first kappa shape index (κ1) is 13.7. The zero-order valence-corrected chi connectivity index (χ0v) is 13.4. The molecule has 0 bridgehead atoms. The van der Waals surface area contributed by atoms with Crippen molar-refractivity contribution in [3.8, 4) is 0 Å². The number of piperidine rings is 1. The van der Waals surface area contributed by atoms with Gasteiger partial charge in [0.2, 0.25) is 0 Å². The molecule has 0 amide bonds. The van der Waals surface area contributed by atoms with Gasteiger partial charge in [-0.3, -0.25) is 0 Å². The third-order valence-electron chi connectivity index (χ3n) is 4.16. The van der Waals surface area contributed by atoms with Gasteiger partial charge in [0.1, 0.15) is 0 Å². The molecule has 1 aliphatic heterocycles. The fraction of sp³-hybridized carbons (Fsp3) is 0.333. The molecule has 1 aliphatic rings. The Hall–Kier alpha value is -1.28. The molecule has 0 N–H and O–H groups in total. The molecule has 0 aliphatic carbocycles. The van der Waals surface area contributed by atoms with E-state index in [1.807, 2.05) is 0 Å². The number of hydrogen-bond acceptors (Lipinski definition) is 1. The molecule has 2 aromatic rings. The highest BCUT2D eigenvalue weighted by Gasteiger charge is 2.21. The van der Waals surface area contributed by atoms with E-state index in [9.17, 15) is 0 Å². The second-order valence-electron chi connectivity index (χ2n) is 5.67. The molecule has 3 rings (SSSR count). The summed E-state index contributed by atoms with van der Waals surface area (Å²) in [6.07, 6.45) is 2.57. The van der Waals surface area contributed by atoms with E-state index in [0.717, 1.165) is 11.0 Å². The van der Waals surface area contributed by atoms with Crippen LogP contribution in [0.1, 0.15) is 29.9 Å². The molecule has 1 saturated heterocycles. The van der Waals surface area contributed by atoms with Crippen LogP contribution >= 0.6 is 15.9 Å². The van der Waals surface area contributed by atoms with Gasteiger partial charge in [-0.2, -0.15) is 0 Å². The first-order chi connectivity index (χ1) is 9.72. The molecule has 1 fully saturated rings. The lowest BCUT2D eigenvalue weighted by Gasteiger charge is -2.34. The zero-order chi connectivity index (χ0) is 13.9. The zero-order valence-electron chi connectivity index (χ0n) is 11.8. The first-order valence-electron chi connectivity index (χ1n) is 7.29. The summed E-state index contributed by atoms with van der Waals surface area (Å²) in [6, 6.07) is 17.7. The van der Waals surface area contributed by atoms with Crippen molar-refractivity contribution in [2.45, 2.75) is 25.7 Å². The third-order valence-corrected chi connectivity index (χ3v) is 4.69. The van der Waals surface area contributed by atoms with Crippen molar-refractivity contribution in [2.24, 2.45) is 0 Å². The Morgan fingerprint density at radius 2 is 1.70 bits per heavy atom. The van der Waals surface area contributed by atoms with Gasteiger partial charge in [-0.1, -0.05) is 45.8 Å². The number of anilines is 1. The fourth-order valence-electron chi connectivity index (χ4n) is 2.97. The maximum absolute atomic E-state index is 3.51. The van der Waals surface area contributed by atoms with Gasteiger partial charge < -0.3 is 4.90 Å². The number of nitrogens with zero attached hydrogens (tertiary/aromatic N) is 1. The van der Waals surface area contributed by atoms with Gasteiger partial charge >= 0.3 is 0 Å². The van der Waals surface area contributed by atoms with Crippen LogP contribution in [0.3, 0.4) is 0 Å². The average molecular weight is 330 g/mol. The number of aryl methyl sites for hydroxylation is 1. The van der Waals surface area contributed by atoms with E-state index >= 15 is 0 Å². The van der Waals surface area contributed by atoms with Crippen molar-refractivity contribution in [3.05, 3.63) is 64.1 Å². The predicted octanol–water partition coefficient (Wildman–Crippen LogP) is 5.14. The highest BCUT2D eigenvalue weighted by molar-refractivity contribution is 9.10. The molecule has 1 nitrogen and oxygen atoms in total. The van der Waals surface area contributed by atoms with Gasteiger partial charge in [-0.15, -0.1) is 0 Å². The Balaban J connectivity index is 1.76. The summed E-state index contributed by atoms with van der Waals surface area (Å²) in [6.45, 7) is 4.45. The van der Waals surface area contributed by atoms with Crippen LogP contribution in [0.4, 0.5) is 5.69 Å². The van der Waals surface area contributed by atoms with Crippen LogP contribution < -0.4 is 4.90 Å². The third kappa shape index (κ3) is 3.06. The number of rotatable bonds is 2. The van der Waals surface area contributed by atoms with Crippen molar-refractivity contribution >= 4 is 21.6 Å². The lowest BCUT2D eigenvalue weighted by molar-refractivity contribution is 0.510. The summed E-state index contributed by atoms with van der Waals surface area (Å²) in [4.78, 5) is 2.52. The molecular weight excluding hydrogens is 310 g/mol. The standard InChI is InChI=1S/C18H20BrN/c1-14-4-10-18(11-5-14)20-12-2-3-16(13-20)15-6-8-17(19)9-7-15/h4-11,16H,2-3,12-13H2,1H3. The summed E-state index contributed by atoms with van der Waals surface area (Å²) in [5.41, 5.74) is 4.15. The van der Waals surface area contributed by atoms with E-state index in [4.69, 9.17) is 0 Å². The molecule has 20 heavy (non-hydrogen) atoms. The lowest BCUT2D eigenvalue weighted by Crippen LogP contribution is -2.34. The normalized spacial score (nSPS) is 19.1. The summed E-state index contributed by atoms with van der Waals surface area (Å²) in [5, 5.41) is 0. The second kappa shape index (κ2) is 6.01. The Bertz CT molecular complexity index is 507. The number of benzene rings is 2. The Morgan fingerprint density at radius 3 is 2.40 bits per heavy atom. The van der Waals surface area contributed by atoms with Gasteiger partial charge in [-0.05, 0) is 49.6 Å². The lowest BCUT2D eigenvalue weighted by atomic mass is 9.90. The molecule has 1 atom stereocenters. The largest absolute Gasteiger partial charge is 0.371 e. The number of halogens is 1. The smallest absolute Gasteiger partial charge is 0.0366 e. The highest BCUT2D eigenvalue weighted by Crippen LogP contribution is 2.30. The van der Waals surface area contributed by atoms with E-state index in [0.29, 0.717) is 5.92 Å². The molecule has 104 valence electrons.